The summed E-state index contributed by atoms with van der Waals surface area (Å²) in [5.74, 6) is -0.282. The van der Waals surface area contributed by atoms with Gasteiger partial charge in [0, 0.05) is 22.1 Å². The number of thiophene rings is 1. The van der Waals surface area contributed by atoms with Crippen LogP contribution in [-0.4, -0.2) is 18.4 Å². The molecule has 0 atom stereocenters. The highest BCUT2D eigenvalue weighted by atomic mass is 79.9. The van der Waals surface area contributed by atoms with E-state index in [2.05, 4.69) is 26.8 Å². The average Bonchev–Trinajstić information content (AvgIpc) is 3.15. The van der Waals surface area contributed by atoms with E-state index in [-0.39, 0.29) is 0 Å². The molecular weight excluding hydrogens is 512 g/mol. The van der Waals surface area contributed by atoms with Crippen LogP contribution in [0.4, 0.5) is 0 Å². The zero-order chi connectivity index (χ0) is 22.5. The maximum Gasteiger partial charge on any atom is 0.281 e. The maximum absolute atomic E-state index is 12.5. The Kier molecular flexibility index (Phi) is 7.09. The Labute approximate surface area is 202 Å². The van der Waals surface area contributed by atoms with Crippen LogP contribution in [0, 0.1) is 0 Å². The molecule has 3 aromatic carbocycles. The van der Waals surface area contributed by atoms with Crippen LogP contribution in [0.1, 0.15) is 25.6 Å². The predicted octanol–water partition coefficient (Wildman–Crippen LogP) is 6.01. The van der Waals surface area contributed by atoms with Gasteiger partial charge in [0.05, 0.1) is 16.1 Å². The molecule has 1 aromatic heterocycles. The third-order valence-electron chi connectivity index (χ3n) is 4.72. The van der Waals surface area contributed by atoms with Crippen molar-refractivity contribution < 1.29 is 14.3 Å². The fourth-order valence-electron chi connectivity index (χ4n) is 3.09. The smallest absolute Gasteiger partial charge is 0.281 e. The lowest BCUT2D eigenvalue weighted by Crippen LogP contribution is -2.41. The van der Waals surface area contributed by atoms with Crippen LogP contribution in [0.15, 0.2) is 77.3 Å². The van der Waals surface area contributed by atoms with Gasteiger partial charge in [-0.3, -0.25) is 20.4 Å². The summed E-state index contributed by atoms with van der Waals surface area (Å²) in [6, 6.07) is 22.5. The lowest BCUT2D eigenvalue weighted by molar-refractivity contribution is 0.0849. The maximum atomic E-state index is 12.5. The van der Waals surface area contributed by atoms with Gasteiger partial charge in [-0.05, 0) is 45.8 Å². The van der Waals surface area contributed by atoms with E-state index in [1.54, 1.807) is 18.2 Å². The number of ether oxygens (including phenoxy) is 1. The molecule has 4 aromatic rings. The number of carbonyl (C=O) groups excluding carboxylic acids is 2. The lowest BCUT2D eigenvalue weighted by atomic mass is 10.2. The Morgan fingerprint density at radius 3 is 2.41 bits per heavy atom. The molecule has 4 rings (SSSR count). The fourth-order valence-corrected chi connectivity index (χ4v) is 4.99. The molecule has 0 saturated carbocycles. The molecular formula is C24H18BrClN2O3S. The SMILES string of the molecule is O=C(NNC(=O)c1sc2ccccc2c1Cl)c1ccc(OCCc2ccccc2)c(Br)c1. The summed E-state index contributed by atoms with van der Waals surface area (Å²) >= 11 is 11.0. The van der Waals surface area contributed by atoms with Crippen LogP contribution < -0.4 is 15.6 Å². The summed E-state index contributed by atoms with van der Waals surface area (Å²) < 4.78 is 7.37. The number of benzene rings is 3. The van der Waals surface area contributed by atoms with Crippen molar-refractivity contribution in [2.75, 3.05) is 6.61 Å². The largest absolute Gasteiger partial charge is 0.492 e. The van der Waals surface area contributed by atoms with Gasteiger partial charge in [0.1, 0.15) is 10.6 Å². The summed E-state index contributed by atoms with van der Waals surface area (Å²) in [5.41, 5.74) is 6.41. The number of amides is 2. The monoisotopic (exact) mass is 528 g/mol. The molecule has 0 spiro atoms. The van der Waals surface area contributed by atoms with Crippen LogP contribution in [-0.2, 0) is 6.42 Å². The highest BCUT2D eigenvalue weighted by Gasteiger charge is 2.18. The Balaban J connectivity index is 1.34. The van der Waals surface area contributed by atoms with E-state index in [0.29, 0.717) is 32.3 Å². The number of rotatable bonds is 6. The van der Waals surface area contributed by atoms with Gasteiger partial charge in [0.25, 0.3) is 11.8 Å². The van der Waals surface area contributed by atoms with Crippen molar-refractivity contribution in [1.29, 1.82) is 0 Å². The molecule has 162 valence electrons. The van der Waals surface area contributed by atoms with Crippen molar-refractivity contribution in [2.45, 2.75) is 6.42 Å². The quantitative estimate of drug-likeness (QED) is 0.300. The van der Waals surface area contributed by atoms with Crippen LogP contribution in [0.5, 0.6) is 5.75 Å². The minimum atomic E-state index is -0.468. The molecule has 0 aliphatic heterocycles. The molecule has 0 radical (unpaired) electrons. The number of nitrogens with one attached hydrogen (secondary N) is 2. The van der Waals surface area contributed by atoms with Crippen LogP contribution in [0.3, 0.4) is 0 Å². The van der Waals surface area contributed by atoms with E-state index in [9.17, 15) is 9.59 Å². The number of hydrogen-bond acceptors (Lipinski definition) is 4. The van der Waals surface area contributed by atoms with Gasteiger partial charge in [-0.15, -0.1) is 11.3 Å². The zero-order valence-electron chi connectivity index (χ0n) is 16.7. The minimum absolute atomic E-state index is 0.344. The number of fused-ring (bicyclic) bond motifs is 1. The first kappa shape index (κ1) is 22.3. The molecule has 5 nitrogen and oxygen atoms in total. The van der Waals surface area contributed by atoms with Gasteiger partial charge in [-0.25, -0.2) is 0 Å². The second kappa shape index (κ2) is 10.2. The average molecular weight is 530 g/mol. The molecule has 0 aliphatic rings. The highest BCUT2D eigenvalue weighted by Crippen LogP contribution is 2.34. The van der Waals surface area contributed by atoms with Crippen LogP contribution >= 0.6 is 38.9 Å². The van der Waals surface area contributed by atoms with Crippen molar-refractivity contribution in [3.8, 4) is 5.75 Å². The Hall–Kier alpha value is -2.87. The Morgan fingerprint density at radius 1 is 0.938 bits per heavy atom. The van der Waals surface area contributed by atoms with E-state index in [1.165, 1.54) is 16.9 Å². The predicted molar refractivity (Wildman–Crippen MR) is 132 cm³/mol. The third-order valence-corrected chi connectivity index (χ3v) is 7.01. The summed E-state index contributed by atoms with van der Waals surface area (Å²) in [5, 5.41) is 1.18. The first-order chi connectivity index (χ1) is 15.5. The second-order valence-corrected chi connectivity index (χ2v) is 9.16. The Bertz CT molecular complexity index is 1280. The molecule has 2 amide bonds. The fraction of sp³-hybridized carbons (Fsp3) is 0.0833. The van der Waals surface area contributed by atoms with Gasteiger partial charge in [0.2, 0.25) is 0 Å². The molecule has 2 N–H and O–H groups in total. The molecule has 0 aliphatic carbocycles. The highest BCUT2D eigenvalue weighted by molar-refractivity contribution is 9.10. The van der Waals surface area contributed by atoms with E-state index in [0.717, 1.165) is 16.5 Å². The number of hydrogen-bond donors (Lipinski definition) is 2. The summed E-state index contributed by atoms with van der Waals surface area (Å²) in [7, 11) is 0. The Morgan fingerprint density at radius 2 is 1.66 bits per heavy atom. The summed E-state index contributed by atoms with van der Waals surface area (Å²) in [6.07, 6.45) is 0.780. The van der Waals surface area contributed by atoms with Crippen LogP contribution in [0.2, 0.25) is 5.02 Å². The normalized spacial score (nSPS) is 10.7. The minimum Gasteiger partial charge on any atom is -0.492 e. The molecule has 32 heavy (non-hydrogen) atoms. The molecule has 0 saturated heterocycles. The summed E-state index contributed by atoms with van der Waals surface area (Å²) in [6.45, 7) is 0.514. The molecule has 0 bridgehead atoms. The molecule has 0 unspecified atom stereocenters. The van der Waals surface area contributed by atoms with Crippen molar-refractivity contribution >= 4 is 60.8 Å². The third kappa shape index (κ3) is 5.12. The number of halogens is 2. The summed E-state index contributed by atoms with van der Waals surface area (Å²) in [4.78, 5) is 25.3. The molecule has 8 heteroatoms. The van der Waals surface area contributed by atoms with E-state index >= 15 is 0 Å². The van der Waals surface area contributed by atoms with Crippen molar-refractivity contribution in [3.05, 3.63) is 98.3 Å². The van der Waals surface area contributed by atoms with Crippen molar-refractivity contribution in [1.82, 2.24) is 10.9 Å². The van der Waals surface area contributed by atoms with Gasteiger partial charge in [0.15, 0.2) is 0 Å². The number of hydrazine groups is 1. The molecule has 0 fully saturated rings. The van der Waals surface area contributed by atoms with Crippen LogP contribution in [0.25, 0.3) is 10.1 Å². The van der Waals surface area contributed by atoms with E-state index < -0.39 is 11.8 Å². The topological polar surface area (TPSA) is 67.4 Å². The van der Waals surface area contributed by atoms with Gasteiger partial charge in [-0.1, -0.05) is 60.1 Å². The first-order valence-corrected chi connectivity index (χ1v) is 11.8. The second-order valence-electron chi connectivity index (χ2n) is 6.88. The van der Waals surface area contributed by atoms with Gasteiger partial charge >= 0.3 is 0 Å². The standard InChI is InChI=1S/C24H18BrClN2O3S/c25-18-14-16(10-11-19(18)31-13-12-15-6-2-1-3-7-15)23(29)27-28-24(30)22-21(26)17-8-4-5-9-20(17)32-22/h1-11,14H,12-13H2,(H,27,29)(H,28,30). The van der Waals surface area contributed by atoms with E-state index in [1.807, 2.05) is 54.6 Å². The number of carbonyl (C=O) groups is 2. The first-order valence-electron chi connectivity index (χ1n) is 9.77. The molecule has 1 heterocycles. The van der Waals surface area contributed by atoms with Gasteiger partial charge < -0.3 is 4.74 Å². The van der Waals surface area contributed by atoms with Crippen molar-refractivity contribution in [2.24, 2.45) is 0 Å². The lowest BCUT2D eigenvalue weighted by Gasteiger charge is -2.11. The van der Waals surface area contributed by atoms with E-state index in [4.69, 9.17) is 16.3 Å². The van der Waals surface area contributed by atoms with Gasteiger partial charge in [-0.2, -0.15) is 0 Å². The zero-order valence-corrected chi connectivity index (χ0v) is 19.9. The van der Waals surface area contributed by atoms with Crippen molar-refractivity contribution in [3.63, 3.8) is 0 Å².